The highest BCUT2D eigenvalue weighted by molar-refractivity contribution is 6.74. The van der Waals surface area contributed by atoms with Crippen molar-refractivity contribution in [1.82, 2.24) is 0 Å². The number of rotatable bonds is 8. The fraction of sp³-hybridized carbons (Fsp3) is 0.684. The van der Waals surface area contributed by atoms with Crippen LogP contribution in [0.4, 0.5) is 0 Å². The standard InChI is InChI=1S/C19H32Cl2O3Si/c1-13(2)17(24-25(7,8)19(3,4)5)18(23-12-22-6)16-14(20)10-9-11-15(16)21/h9-11,13,17-18H,12H2,1-8H3/t17-,18-/m0/s1. The smallest absolute Gasteiger partial charge is 0.192 e. The summed E-state index contributed by atoms with van der Waals surface area (Å²) in [7, 11) is -0.406. The van der Waals surface area contributed by atoms with E-state index in [0.29, 0.717) is 10.0 Å². The molecule has 25 heavy (non-hydrogen) atoms. The molecule has 0 radical (unpaired) electrons. The summed E-state index contributed by atoms with van der Waals surface area (Å²) in [5.74, 6) is 0.225. The van der Waals surface area contributed by atoms with Crippen LogP contribution in [0.5, 0.6) is 0 Å². The zero-order chi connectivity index (χ0) is 19.4. The number of hydrogen-bond donors (Lipinski definition) is 0. The van der Waals surface area contributed by atoms with E-state index in [1.807, 2.05) is 18.2 Å². The second-order valence-electron chi connectivity index (χ2n) is 8.22. The molecule has 1 aromatic carbocycles. The van der Waals surface area contributed by atoms with Crippen molar-refractivity contribution in [1.29, 1.82) is 0 Å². The van der Waals surface area contributed by atoms with Crippen LogP contribution in [0.25, 0.3) is 0 Å². The molecular weight excluding hydrogens is 375 g/mol. The Morgan fingerprint density at radius 2 is 1.60 bits per heavy atom. The molecular formula is C19H32Cl2O3Si. The number of hydrogen-bond acceptors (Lipinski definition) is 3. The van der Waals surface area contributed by atoms with Crippen LogP contribution in [0.1, 0.15) is 46.3 Å². The molecule has 0 N–H and O–H groups in total. The Morgan fingerprint density at radius 3 is 2.00 bits per heavy atom. The van der Waals surface area contributed by atoms with Gasteiger partial charge in [0.25, 0.3) is 0 Å². The zero-order valence-corrected chi connectivity index (χ0v) is 19.2. The van der Waals surface area contributed by atoms with Gasteiger partial charge < -0.3 is 13.9 Å². The highest BCUT2D eigenvalue weighted by Crippen LogP contribution is 2.43. The van der Waals surface area contributed by atoms with Crippen LogP contribution in [-0.2, 0) is 13.9 Å². The maximum Gasteiger partial charge on any atom is 0.192 e. The van der Waals surface area contributed by atoms with Gasteiger partial charge in [0.05, 0.1) is 6.10 Å². The summed E-state index contributed by atoms with van der Waals surface area (Å²) in [5, 5.41) is 1.26. The van der Waals surface area contributed by atoms with Crippen LogP contribution in [0.15, 0.2) is 18.2 Å². The van der Waals surface area contributed by atoms with E-state index in [0.717, 1.165) is 5.56 Å². The van der Waals surface area contributed by atoms with Crippen molar-refractivity contribution in [3.8, 4) is 0 Å². The van der Waals surface area contributed by atoms with Gasteiger partial charge in [0.15, 0.2) is 8.32 Å². The third-order valence-electron chi connectivity index (χ3n) is 4.84. The molecule has 3 nitrogen and oxygen atoms in total. The lowest BCUT2D eigenvalue weighted by Gasteiger charge is -2.43. The second kappa shape index (κ2) is 9.20. The van der Waals surface area contributed by atoms with Gasteiger partial charge in [-0.1, -0.05) is 63.9 Å². The van der Waals surface area contributed by atoms with E-state index >= 15 is 0 Å². The molecule has 0 fully saturated rings. The molecule has 0 saturated heterocycles. The van der Waals surface area contributed by atoms with E-state index in [9.17, 15) is 0 Å². The van der Waals surface area contributed by atoms with Gasteiger partial charge in [0.2, 0.25) is 0 Å². The van der Waals surface area contributed by atoms with Crippen LogP contribution in [-0.4, -0.2) is 28.3 Å². The zero-order valence-electron chi connectivity index (χ0n) is 16.7. The molecule has 0 heterocycles. The van der Waals surface area contributed by atoms with E-state index in [1.54, 1.807) is 7.11 Å². The van der Waals surface area contributed by atoms with Crippen LogP contribution >= 0.6 is 23.2 Å². The van der Waals surface area contributed by atoms with Crippen molar-refractivity contribution < 1.29 is 13.9 Å². The molecule has 0 aromatic heterocycles. The molecule has 0 bridgehead atoms. The maximum atomic E-state index is 6.73. The minimum Gasteiger partial charge on any atom is -0.411 e. The average molecular weight is 407 g/mol. The van der Waals surface area contributed by atoms with Crippen LogP contribution in [0.3, 0.4) is 0 Å². The molecule has 0 saturated carbocycles. The topological polar surface area (TPSA) is 27.7 Å². The maximum absolute atomic E-state index is 6.73. The second-order valence-corrected chi connectivity index (χ2v) is 13.8. The van der Waals surface area contributed by atoms with E-state index in [2.05, 4.69) is 47.7 Å². The minimum atomic E-state index is -2.01. The summed E-state index contributed by atoms with van der Waals surface area (Å²) in [6, 6.07) is 5.49. The van der Waals surface area contributed by atoms with E-state index in [1.165, 1.54) is 0 Å². The highest BCUT2D eigenvalue weighted by Gasteiger charge is 2.42. The largest absolute Gasteiger partial charge is 0.411 e. The van der Waals surface area contributed by atoms with Gasteiger partial charge in [-0.3, -0.25) is 0 Å². The average Bonchev–Trinajstić information content (AvgIpc) is 2.46. The molecule has 0 aliphatic carbocycles. The number of ether oxygens (including phenoxy) is 2. The summed E-state index contributed by atoms with van der Waals surface area (Å²) in [4.78, 5) is 0. The normalized spacial score (nSPS) is 15.5. The van der Waals surface area contributed by atoms with E-state index in [4.69, 9.17) is 37.1 Å². The minimum absolute atomic E-state index is 0.0935. The number of methoxy groups -OCH3 is 1. The Bertz CT molecular complexity index is 536. The summed E-state index contributed by atoms with van der Waals surface area (Å²) in [5.41, 5.74) is 0.764. The third kappa shape index (κ3) is 5.95. The summed E-state index contributed by atoms with van der Waals surface area (Å²) < 4.78 is 17.9. The Morgan fingerprint density at radius 1 is 1.08 bits per heavy atom. The Kier molecular flexibility index (Phi) is 8.44. The van der Waals surface area contributed by atoms with Gasteiger partial charge in [-0.2, -0.15) is 0 Å². The van der Waals surface area contributed by atoms with Crippen LogP contribution < -0.4 is 0 Å². The molecule has 1 rings (SSSR count). The lowest BCUT2D eigenvalue weighted by atomic mass is 9.96. The fourth-order valence-electron chi connectivity index (χ4n) is 2.33. The van der Waals surface area contributed by atoms with Crippen LogP contribution in [0, 0.1) is 5.92 Å². The van der Waals surface area contributed by atoms with Gasteiger partial charge in [-0.25, -0.2) is 0 Å². The van der Waals surface area contributed by atoms with Gasteiger partial charge in [-0.05, 0) is 36.2 Å². The van der Waals surface area contributed by atoms with Crippen molar-refractivity contribution in [3.63, 3.8) is 0 Å². The van der Waals surface area contributed by atoms with Gasteiger partial charge in [0, 0.05) is 22.7 Å². The molecule has 0 aliphatic heterocycles. The lowest BCUT2D eigenvalue weighted by Crippen LogP contribution is -2.47. The third-order valence-corrected chi connectivity index (χ3v) is 9.97. The Balaban J connectivity index is 3.33. The first-order chi connectivity index (χ1) is 11.4. The van der Waals surface area contributed by atoms with Crippen molar-refractivity contribution >= 4 is 31.5 Å². The SMILES string of the molecule is COCO[C@@H](c1c(Cl)cccc1Cl)[C@@H](O[Si](C)(C)C(C)(C)C)C(C)C. The number of benzene rings is 1. The van der Waals surface area contributed by atoms with E-state index < -0.39 is 14.4 Å². The van der Waals surface area contributed by atoms with Crippen molar-refractivity contribution in [2.24, 2.45) is 5.92 Å². The summed E-state index contributed by atoms with van der Waals surface area (Å²) in [6.45, 7) is 15.6. The van der Waals surface area contributed by atoms with E-state index in [-0.39, 0.29) is 23.9 Å². The van der Waals surface area contributed by atoms with Gasteiger partial charge in [0.1, 0.15) is 12.9 Å². The summed E-state index contributed by atoms with van der Waals surface area (Å²) in [6.07, 6.45) is -0.566. The Labute approximate surface area is 164 Å². The molecule has 6 heteroatoms. The van der Waals surface area contributed by atoms with Crippen LogP contribution in [0.2, 0.25) is 28.2 Å². The summed E-state index contributed by atoms with van der Waals surface area (Å²) >= 11 is 12.9. The van der Waals surface area contributed by atoms with Crippen molar-refractivity contribution in [2.45, 2.75) is 65.0 Å². The molecule has 144 valence electrons. The first kappa shape index (κ1) is 22.9. The number of halogens is 2. The van der Waals surface area contributed by atoms with Crippen molar-refractivity contribution in [2.75, 3.05) is 13.9 Å². The molecule has 0 spiro atoms. The first-order valence-electron chi connectivity index (χ1n) is 8.64. The predicted molar refractivity (Wildman–Crippen MR) is 109 cm³/mol. The molecule has 0 unspecified atom stereocenters. The first-order valence-corrected chi connectivity index (χ1v) is 12.3. The molecule has 2 atom stereocenters. The van der Waals surface area contributed by atoms with Gasteiger partial charge >= 0.3 is 0 Å². The monoisotopic (exact) mass is 406 g/mol. The molecule has 0 aliphatic rings. The van der Waals surface area contributed by atoms with Crippen molar-refractivity contribution in [3.05, 3.63) is 33.8 Å². The molecule has 0 amide bonds. The Hall–Kier alpha value is -0.103. The fourth-order valence-corrected chi connectivity index (χ4v) is 4.37. The van der Waals surface area contributed by atoms with Gasteiger partial charge in [-0.15, -0.1) is 0 Å². The molecule has 1 aromatic rings. The quantitative estimate of drug-likeness (QED) is 0.354. The highest BCUT2D eigenvalue weighted by atomic mass is 35.5. The predicted octanol–water partition coefficient (Wildman–Crippen LogP) is 6.70. The lowest BCUT2D eigenvalue weighted by molar-refractivity contribution is -0.120.